The van der Waals surface area contributed by atoms with Gasteiger partial charge in [-0.05, 0) is 24.6 Å². The number of carbonyl (C=O) groups is 1. The minimum absolute atomic E-state index is 0.0387. The molecule has 5 heteroatoms. The lowest BCUT2D eigenvalue weighted by Crippen LogP contribution is -2.05. The Hall–Kier alpha value is -1.65. The first-order valence-corrected chi connectivity index (χ1v) is 3.79. The summed E-state index contributed by atoms with van der Waals surface area (Å²) in [7, 11) is 0. The molecule has 0 atom stereocenters. The second-order valence-electron chi connectivity index (χ2n) is 2.66. The van der Waals surface area contributed by atoms with E-state index in [0.717, 1.165) is 6.07 Å². The number of ether oxygens (including phenoxy) is 1. The maximum absolute atomic E-state index is 11.8. The number of aromatic carboxylic acids is 1. The van der Waals surface area contributed by atoms with E-state index in [9.17, 15) is 13.6 Å². The van der Waals surface area contributed by atoms with Crippen LogP contribution in [0.1, 0.15) is 15.9 Å². The van der Waals surface area contributed by atoms with Crippen molar-refractivity contribution in [3.8, 4) is 5.75 Å². The van der Waals surface area contributed by atoms with E-state index in [1.54, 1.807) is 6.92 Å². The summed E-state index contributed by atoms with van der Waals surface area (Å²) >= 11 is 0. The summed E-state index contributed by atoms with van der Waals surface area (Å²) in [5, 5.41) is 8.68. The van der Waals surface area contributed by atoms with Gasteiger partial charge in [0.2, 0.25) is 0 Å². The molecule has 0 fully saturated rings. The van der Waals surface area contributed by atoms with E-state index in [0.29, 0.717) is 5.56 Å². The van der Waals surface area contributed by atoms with E-state index >= 15 is 0 Å². The summed E-state index contributed by atoms with van der Waals surface area (Å²) in [6, 6.07) is 3.79. The number of hydrogen-bond acceptors (Lipinski definition) is 2. The molecule has 1 rings (SSSR count). The highest BCUT2D eigenvalue weighted by atomic mass is 19.3. The Morgan fingerprint density at radius 3 is 2.64 bits per heavy atom. The van der Waals surface area contributed by atoms with Crippen LogP contribution in [0, 0.1) is 6.92 Å². The topological polar surface area (TPSA) is 46.5 Å². The third kappa shape index (κ3) is 2.42. The van der Waals surface area contributed by atoms with Gasteiger partial charge in [-0.2, -0.15) is 8.78 Å². The molecule has 0 spiro atoms. The van der Waals surface area contributed by atoms with Crippen LogP contribution >= 0.6 is 0 Å². The number of hydrogen-bond donors (Lipinski definition) is 1. The SMILES string of the molecule is Cc1ccc(OC(F)F)cc1C(=O)O. The summed E-state index contributed by atoms with van der Waals surface area (Å²) in [6.07, 6.45) is 0. The van der Waals surface area contributed by atoms with Crippen LogP contribution in [0.15, 0.2) is 18.2 Å². The van der Waals surface area contributed by atoms with E-state index in [-0.39, 0.29) is 11.3 Å². The van der Waals surface area contributed by atoms with Gasteiger partial charge in [0.1, 0.15) is 5.75 Å². The van der Waals surface area contributed by atoms with Gasteiger partial charge >= 0.3 is 12.6 Å². The number of carboxylic acid groups (broad SMARTS) is 1. The highest BCUT2D eigenvalue weighted by Crippen LogP contribution is 2.19. The Balaban J connectivity index is 3.00. The molecule has 1 N–H and O–H groups in total. The van der Waals surface area contributed by atoms with Gasteiger partial charge in [-0.3, -0.25) is 0 Å². The van der Waals surface area contributed by atoms with E-state index in [2.05, 4.69) is 4.74 Å². The number of rotatable bonds is 3. The number of benzene rings is 1. The second kappa shape index (κ2) is 4.04. The molecule has 0 aliphatic rings. The summed E-state index contributed by atoms with van der Waals surface area (Å²) in [5.74, 6) is -1.31. The molecule has 0 saturated heterocycles. The zero-order chi connectivity index (χ0) is 10.7. The molecule has 0 aliphatic heterocycles. The van der Waals surface area contributed by atoms with Crippen LogP contribution in [0.4, 0.5) is 8.78 Å². The van der Waals surface area contributed by atoms with Crippen molar-refractivity contribution >= 4 is 5.97 Å². The Bertz CT molecular complexity index is 350. The smallest absolute Gasteiger partial charge is 0.387 e. The van der Waals surface area contributed by atoms with Crippen LogP contribution < -0.4 is 4.74 Å². The molecule has 1 aromatic carbocycles. The predicted molar refractivity (Wildman–Crippen MR) is 44.8 cm³/mol. The lowest BCUT2D eigenvalue weighted by Gasteiger charge is -2.06. The molecule has 0 unspecified atom stereocenters. The summed E-state index contributed by atoms with van der Waals surface area (Å²) < 4.78 is 27.6. The van der Waals surface area contributed by atoms with Crippen LogP contribution in [0.3, 0.4) is 0 Å². The third-order valence-electron chi connectivity index (χ3n) is 1.66. The summed E-state index contributed by atoms with van der Waals surface area (Å²) in [5.41, 5.74) is 0.460. The van der Waals surface area contributed by atoms with Crippen molar-refractivity contribution in [3.05, 3.63) is 29.3 Å². The Morgan fingerprint density at radius 1 is 1.50 bits per heavy atom. The third-order valence-corrected chi connectivity index (χ3v) is 1.66. The van der Waals surface area contributed by atoms with E-state index in [1.807, 2.05) is 0 Å². The average molecular weight is 202 g/mol. The van der Waals surface area contributed by atoms with Gasteiger partial charge < -0.3 is 9.84 Å². The molecule has 1 aromatic rings. The Morgan fingerprint density at radius 2 is 2.14 bits per heavy atom. The molecule has 0 saturated carbocycles. The van der Waals surface area contributed by atoms with Crippen molar-refractivity contribution in [2.75, 3.05) is 0 Å². The van der Waals surface area contributed by atoms with Crippen molar-refractivity contribution < 1.29 is 23.4 Å². The fraction of sp³-hybridized carbons (Fsp3) is 0.222. The van der Waals surface area contributed by atoms with Crippen molar-refractivity contribution in [1.29, 1.82) is 0 Å². The molecule has 0 aliphatic carbocycles. The molecule has 0 aromatic heterocycles. The van der Waals surface area contributed by atoms with Crippen LogP contribution in [-0.4, -0.2) is 17.7 Å². The average Bonchev–Trinajstić information content (AvgIpc) is 2.07. The van der Waals surface area contributed by atoms with E-state index < -0.39 is 12.6 Å². The van der Waals surface area contributed by atoms with Crippen molar-refractivity contribution in [1.82, 2.24) is 0 Å². The lowest BCUT2D eigenvalue weighted by molar-refractivity contribution is -0.0499. The van der Waals surface area contributed by atoms with Gasteiger partial charge in [-0.1, -0.05) is 6.07 Å². The highest BCUT2D eigenvalue weighted by molar-refractivity contribution is 5.89. The highest BCUT2D eigenvalue weighted by Gasteiger charge is 2.10. The van der Waals surface area contributed by atoms with Gasteiger partial charge in [0.05, 0.1) is 5.56 Å². The molecular weight excluding hydrogens is 194 g/mol. The molecule has 0 amide bonds. The number of halogens is 2. The minimum atomic E-state index is -2.95. The van der Waals surface area contributed by atoms with Crippen LogP contribution in [-0.2, 0) is 0 Å². The predicted octanol–water partition coefficient (Wildman–Crippen LogP) is 2.29. The number of carboxylic acids is 1. The van der Waals surface area contributed by atoms with Crippen LogP contribution in [0.2, 0.25) is 0 Å². The first-order chi connectivity index (χ1) is 6.50. The van der Waals surface area contributed by atoms with Gasteiger partial charge in [0, 0.05) is 0 Å². The first kappa shape index (κ1) is 10.4. The standard InChI is InChI=1S/C9H8F2O3/c1-5-2-3-6(14-9(10)11)4-7(5)8(12)13/h2-4,9H,1H3,(H,12,13). The fourth-order valence-electron chi connectivity index (χ4n) is 1.01. The largest absolute Gasteiger partial charge is 0.478 e. The van der Waals surface area contributed by atoms with Crippen molar-refractivity contribution in [2.24, 2.45) is 0 Å². The van der Waals surface area contributed by atoms with Crippen LogP contribution in [0.25, 0.3) is 0 Å². The fourth-order valence-corrected chi connectivity index (χ4v) is 1.01. The first-order valence-electron chi connectivity index (χ1n) is 3.79. The maximum atomic E-state index is 11.8. The number of alkyl halides is 2. The maximum Gasteiger partial charge on any atom is 0.387 e. The monoisotopic (exact) mass is 202 g/mol. The molecular formula is C9H8F2O3. The van der Waals surface area contributed by atoms with Gasteiger partial charge in [0.15, 0.2) is 0 Å². The van der Waals surface area contributed by atoms with Crippen LogP contribution in [0.5, 0.6) is 5.75 Å². The molecule has 14 heavy (non-hydrogen) atoms. The molecule has 76 valence electrons. The summed E-state index contributed by atoms with van der Waals surface area (Å²) in [6.45, 7) is -1.37. The van der Waals surface area contributed by atoms with Gasteiger partial charge in [-0.25, -0.2) is 4.79 Å². The zero-order valence-corrected chi connectivity index (χ0v) is 7.33. The Labute approximate surface area is 78.9 Å². The minimum Gasteiger partial charge on any atom is -0.478 e. The Kier molecular flexibility index (Phi) is 3.01. The van der Waals surface area contributed by atoms with Gasteiger partial charge in [0.25, 0.3) is 0 Å². The molecule has 3 nitrogen and oxygen atoms in total. The molecule has 0 bridgehead atoms. The van der Waals surface area contributed by atoms with Gasteiger partial charge in [-0.15, -0.1) is 0 Å². The van der Waals surface area contributed by atoms with Crippen molar-refractivity contribution in [3.63, 3.8) is 0 Å². The quantitative estimate of drug-likeness (QED) is 0.817. The molecule has 0 radical (unpaired) electrons. The molecule has 0 heterocycles. The number of aryl methyl sites for hydroxylation is 1. The lowest BCUT2D eigenvalue weighted by atomic mass is 10.1. The van der Waals surface area contributed by atoms with E-state index in [1.165, 1.54) is 12.1 Å². The zero-order valence-electron chi connectivity index (χ0n) is 7.33. The second-order valence-corrected chi connectivity index (χ2v) is 2.66. The van der Waals surface area contributed by atoms with E-state index in [4.69, 9.17) is 5.11 Å². The summed E-state index contributed by atoms with van der Waals surface area (Å²) in [4.78, 5) is 10.6. The normalized spacial score (nSPS) is 10.3. The van der Waals surface area contributed by atoms with Crippen molar-refractivity contribution in [2.45, 2.75) is 13.5 Å².